The van der Waals surface area contributed by atoms with Crippen LogP contribution in [0.3, 0.4) is 0 Å². The first-order chi connectivity index (χ1) is 10.7. The van der Waals surface area contributed by atoms with Crippen LogP contribution < -0.4 is 5.32 Å². The maximum atomic E-state index is 12.1. The van der Waals surface area contributed by atoms with E-state index < -0.39 is 0 Å². The Labute approximate surface area is 130 Å². The van der Waals surface area contributed by atoms with Gasteiger partial charge in [0.15, 0.2) is 0 Å². The van der Waals surface area contributed by atoms with Crippen LogP contribution in [0.4, 0.5) is 10.5 Å². The van der Waals surface area contributed by atoms with Crippen LogP contribution in [-0.2, 0) is 11.2 Å². The lowest BCUT2D eigenvalue weighted by Crippen LogP contribution is -2.33. The van der Waals surface area contributed by atoms with Crippen molar-refractivity contribution in [1.82, 2.24) is 4.90 Å². The summed E-state index contributed by atoms with van der Waals surface area (Å²) in [4.78, 5) is 13.7. The predicted molar refractivity (Wildman–Crippen MR) is 88.2 cm³/mol. The Bertz CT molecular complexity index is 697. The van der Waals surface area contributed by atoms with Crippen LogP contribution >= 0.6 is 0 Å². The second kappa shape index (κ2) is 6.20. The molecule has 0 aromatic heterocycles. The highest BCUT2D eigenvalue weighted by molar-refractivity contribution is 5.90. The van der Waals surface area contributed by atoms with Crippen molar-refractivity contribution in [3.63, 3.8) is 0 Å². The summed E-state index contributed by atoms with van der Waals surface area (Å²) >= 11 is 0. The van der Waals surface area contributed by atoms with Crippen LogP contribution in [0.25, 0.3) is 11.1 Å². The molecule has 0 aliphatic heterocycles. The maximum Gasteiger partial charge on any atom is 0.321 e. The normalized spacial score (nSPS) is 11.7. The lowest BCUT2D eigenvalue weighted by atomic mass is 10.1. The number of hydrogen-bond donors (Lipinski definition) is 1. The third kappa shape index (κ3) is 2.83. The van der Waals surface area contributed by atoms with Gasteiger partial charge in [0.25, 0.3) is 0 Å². The zero-order valence-corrected chi connectivity index (χ0v) is 12.9. The number of carbonyl (C=O) groups excluding carboxylic acids is 1. The van der Waals surface area contributed by atoms with Crippen molar-refractivity contribution in [3.8, 4) is 11.1 Å². The molecule has 22 heavy (non-hydrogen) atoms. The van der Waals surface area contributed by atoms with E-state index in [1.165, 1.54) is 22.3 Å². The fourth-order valence-electron chi connectivity index (χ4n) is 2.77. The predicted octanol–water partition coefficient (Wildman–Crippen LogP) is 3.37. The number of amides is 2. The number of fused-ring (bicyclic) bond motifs is 3. The highest BCUT2D eigenvalue weighted by atomic mass is 16.5. The summed E-state index contributed by atoms with van der Waals surface area (Å²) in [5.41, 5.74) is 6.01. The second-order valence-electron chi connectivity index (χ2n) is 5.55. The molecule has 3 rings (SSSR count). The Morgan fingerprint density at radius 1 is 1.18 bits per heavy atom. The van der Waals surface area contributed by atoms with Gasteiger partial charge in [-0.1, -0.05) is 30.3 Å². The summed E-state index contributed by atoms with van der Waals surface area (Å²) in [5.74, 6) is 0. The van der Waals surface area contributed by atoms with Crippen LogP contribution in [0.1, 0.15) is 11.1 Å². The van der Waals surface area contributed by atoms with E-state index in [0.29, 0.717) is 13.2 Å². The lowest BCUT2D eigenvalue weighted by molar-refractivity contribution is 0.165. The Morgan fingerprint density at radius 3 is 2.77 bits per heavy atom. The van der Waals surface area contributed by atoms with E-state index in [1.54, 1.807) is 19.1 Å². The van der Waals surface area contributed by atoms with Crippen molar-refractivity contribution in [1.29, 1.82) is 0 Å². The fourth-order valence-corrected chi connectivity index (χ4v) is 2.77. The van der Waals surface area contributed by atoms with Gasteiger partial charge in [0.1, 0.15) is 0 Å². The molecule has 0 heterocycles. The molecule has 0 atom stereocenters. The van der Waals surface area contributed by atoms with E-state index in [1.807, 2.05) is 6.07 Å². The summed E-state index contributed by atoms with van der Waals surface area (Å²) < 4.78 is 4.99. The monoisotopic (exact) mass is 296 g/mol. The Kier molecular flexibility index (Phi) is 4.11. The van der Waals surface area contributed by atoms with Gasteiger partial charge in [0.05, 0.1) is 6.61 Å². The molecular weight excluding hydrogens is 276 g/mol. The number of anilines is 1. The lowest BCUT2D eigenvalue weighted by Gasteiger charge is -2.17. The number of likely N-dealkylation sites (N-methyl/N-ethyl adjacent to an activating group) is 1. The van der Waals surface area contributed by atoms with Gasteiger partial charge in [-0.15, -0.1) is 0 Å². The second-order valence-corrected chi connectivity index (χ2v) is 5.55. The molecule has 1 aliphatic carbocycles. The van der Waals surface area contributed by atoms with Gasteiger partial charge in [0.2, 0.25) is 0 Å². The van der Waals surface area contributed by atoms with Crippen molar-refractivity contribution in [2.45, 2.75) is 6.42 Å². The van der Waals surface area contributed by atoms with Gasteiger partial charge >= 0.3 is 6.03 Å². The van der Waals surface area contributed by atoms with E-state index in [9.17, 15) is 4.79 Å². The third-order valence-electron chi connectivity index (χ3n) is 4.02. The number of nitrogens with zero attached hydrogens (tertiary/aromatic N) is 1. The molecular formula is C18H20N2O2. The Morgan fingerprint density at radius 2 is 1.95 bits per heavy atom. The Balaban J connectivity index is 1.73. The molecule has 0 unspecified atom stereocenters. The molecule has 1 aliphatic rings. The highest BCUT2D eigenvalue weighted by Gasteiger charge is 2.18. The van der Waals surface area contributed by atoms with E-state index in [4.69, 9.17) is 4.74 Å². The zero-order valence-electron chi connectivity index (χ0n) is 12.9. The minimum atomic E-state index is -0.118. The summed E-state index contributed by atoms with van der Waals surface area (Å²) in [5, 5.41) is 2.94. The highest BCUT2D eigenvalue weighted by Crippen LogP contribution is 2.37. The molecule has 4 heteroatoms. The average molecular weight is 296 g/mol. The van der Waals surface area contributed by atoms with E-state index in [0.717, 1.165) is 12.1 Å². The molecule has 2 aromatic rings. The minimum Gasteiger partial charge on any atom is -0.383 e. The molecule has 2 amide bonds. The number of hydrogen-bond acceptors (Lipinski definition) is 2. The summed E-state index contributed by atoms with van der Waals surface area (Å²) in [6.45, 7) is 1.10. The first-order valence-electron chi connectivity index (χ1n) is 7.41. The number of rotatable bonds is 4. The Hall–Kier alpha value is -2.33. The van der Waals surface area contributed by atoms with Crippen molar-refractivity contribution in [3.05, 3.63) is 53.6 Å². The first-order valence-corrected chi connectivity index (χ1v) is 7.41. The number of urea groups is 1. The van der Waals surface area contributed by atoms with Gasteiger partial charge in [0, 0.05) is 26.4 Å². The van der Waals surface area contributed by atoms with E-state index in [2.05, 4.69) is 41.7 Å². The minimum absolute atomic E-state index is 0.118. The van der Waals surface area contributed by atoms with Crippen LogP contribution in [0.5, 0.6) is 0 Å². The summed E-state index contributed by atoms with van der Waals surface area (Å²) in [6, 6.07) is 14.4. The summed E-state index contributed by atoms with van der Waals surface area (Å²) in [7, 11) is 3.39. The number of benzene rings is 2. The maximum absolute atomic E-state index is 12.1. The molecule has 4 nitrogen and oxygen atoms in total. The number of methoxy groups -OCH3 is 1. The van der Waals surface area contributed by atoms with Crippen molar-refractivity contribution in [2.75, 3.05) is 32.6 Å². The van der Waals surface area contributed by atoms with Crippen LogP contribution in [0.15, 0.2) is 42.5 Å². The molecule has 0 saturated carbocycles. The number of nitrogens with one attached hydrogen (secondary N) is 1. The molecule has 0 saturated heterocycles. The molecule has 1 N–H and O–H groups in total. The molecule has 0 radical (unpaired) electrons. The standard InChI is InChI=1S/C18H20N2O2/c1-20(9-10-22-2)18(21)19-15-7-8-17-14(12-15)11-13-5-3-4-6-16(13)17/h3-8,12H,9-11H2,1-2H3,(H,19,21). The summed E-state index contributed by atoms with van der Waals surface area (Å²) in [6.07, 6.45) is 0.925. The van der Waals surface area contributed by atoms with Gasteiger partial charge in [-0.05, 0) is 40.8 Å². The molecule has 0 fully saturated rings. The first kappa shape index (κ1) is 14.6. The van der Waals surface area contributed by atoms with Crippen molar-refractivity contribution in [2.24, 2.45) is 0 Å². The molecule has 2 aromatic carbocycles. The van der Waals surface area contributed by atoms with E-state index >= 15 is 0 Å². The number of ether oxygens (including phenoxy) is 1. The van der Waals surface area contributed by atoms with Gasteiger partial charge < -0.3 is 15.0 Å². The zero-order chi connectivity index (χ0) is 15.5. The molecule has 114 valence electrons. The fraction of sp³-hybridized carbons (Fsp3) is 0.278. The average Bonchev–Trinajstić information content (AvgIpc) is 2.90. The van der Waals surface area contributed by atoms with Crippen LogP contribution in [0.2, 0.25) is 0 Å². The van der Waals surface area contributed by atoms with Crippen molar-refractivity contribution >= 4 is 11.7 Å². The third-order valence-corrected chi connectivity index (χ3v) is 4.02. The SMILES string of the molecule is COCCN(C)C(=O)Nc1ccc2c(c1)Cc1ccccc1-2. The quantitative estimate of drug-likeness (QED) is 0.802. The molecule has 0 bridgehead atoms. The topological polar surface area (TPSA) is 41.6 Å². The van der Waals surface area contributed by atoms with Crippen LogP contribution in [-0.4, -0.2) is 38.2 Å². The largest absolute Gasteiger partial charge is 0.383 e. The van der Waals surface area contributed by atoms with Crippen molar-refractivity contribution < 1.29 is 9.53 Å². The van der Waals surface area contributed by atoms with Crippen LogP contribution in [0, 0.1) is 0 Å². The number of carbonyl (C=O) groups is 1. The van der Waals surface area contributed by atoms with Gasteiger partial charge in [-0.25, -0.2) is 4.79 Å². The smallest absolute Gasteiger partial charge is 0.321 e. The van der Waals surface area contributed by atoms with Gasteiger partial charge in [-0.3, -0.25) is 0 Å². The van der Waals surface area contributed by atoms with E-state index in [-0.39, 0.29) is 6.03 Å². The van der Waals surface area contributed by atoms with Gasteiger partial charge in [-0.2, -0.15) is 0 Å². The molecule has 0 spiro atoms.